The van der Waals surface area contributed by atoms with Crippen LogP contribution in [0.3, 0.4) is 0 Å². The summed E-state index contributed by atoms with van der Waals surface area (Å²) in [6.07, 6.45) is 0. The SMILES string of the molecule is CCNCc1ccc(Br)cc1Oc1ccc(Br)cc1F. The average molecular weight is 403 g/mol. The van der Waals surface area contributed by atoms with Crippen molar-refractivity contribution in [2.24, 2.45) is 0 Å². The molecule has 0 aliphatic carbocycles. The van der Waals surface area contributed by atoms with Crippen molar-refractivity contribution in [3.63, 3.8) is 0 Å². The minimum atomic E-state index is -0.395. The fourth-order valence-electron chi connectivity index (χ4n) is 1.71. The molecule has 0 radical (unpaired) electrons. The van der Waals surface area contributed by atoms with E-state index in [9.17, 15) is 4.39 Å². The van der Waals surface area contributed by atoms with Crippen molar-refractivity contribution in [2.75, 3.05) is 6.54 Å². The lowest BCUT2D eigenvalue weighted by atomic mass is 10.2. The van der Waals surface area contributed by atoms with E-state index in [0.29, 0.717) is 16.8 Å². The van der Waals surface area contributed by atoms with Gasteiger partial charge < -0.3 is 10.1 Å². The van der Waals surface area contributed by atoms with E-state index in [1.54, 1.807) is 12.1 Å². The van der Waals surface area contributed by atoms with Gasteiger partial charge in [0.05, 0.1) is 0 Å². The van der Waals surface area contributed by atoms with E-state index in [4.69, 9.17) is 4.74 Å². The normalized spacial score (nSPS) is 10.6. The predicted molar refractivity (Wildman–Crippen MR) is 85.7 cm³/mol. The Kier molecular flexibility index (Phi) is 5.57. The molecule has 0 fully saturated rings. The Hall–Kier alpha value is -0.910. The summed E-state index contributed by atoms with van der Waals surface area (Å²) in [5.74, 6) is 0.458. The molecule has 0 unspecified atom stereocenters. The first-order valence-electron chi connectivity index (χ1n) is 6.22. The summed E-state index contributed by atoms with van der Waals surface area (Å²) in [7, 11) is 0. The highest BCUT2D eigenvalue weighted by atomic mass is 79.9. The van der Waals surface area contributed by atoms with Gasteiger partial charge in [-0.15, -0.1) is 0 Å². The second-order valence-corrected chi connectivity index (χ2v) is 6.04. The second kappa shape index (κ2) is 7.20. The van der Waals surface area contributed by atoms with Gasteiger partial charge in [-0.1, -0.05) is 44.8 Å². The molecule has 0 spiro atoms. The van der Waals surface area contributed by atoms with Gasteiger partial charge in [-0.25, -0.2) is 4.39 Å². The van der Waals surface area contributed by atoms with Crippen LogP contribution in [0.5, 0.6) is 11.5 Å². The van der Waals surface area contributed by atoms with Crippen LogP contribution < -0.4 is 10.1 Å². The van der Waals surface area contributed by atoms with E-state index in [2.05, 4.69) is 37.2 Å². The molecule has 0 saturated carbocycles. The Morgan fingerprint density at radius 2 is 1.75 bits per heavy atom. The molecule has 2 rings (SSSR count). The molecule has 5 heteroatoms. The average Bonchev–Trinajstić information content (AvgIpc) is 2.41. The van der Waals surface area contributed by atoms with Gasteiger partial charge >= 0.3 is 0 Å². The van der Waals surface area contributed by atoms with E-state index in [1.165, 1.54) is 6.07 Å². The van der Waals surface area contributed by atoms with Crippen molar-refractivity contribution in [3.8, 4) is 11.5 Å². The number of halogens is 3. The first kappa shape index (κ1) is 15.5. The van der Waals surface area contributed by atoms with Crippen molar-refractivity contribution < 1.29 is 9.13 Å². The maximum Gasteiger partial charge on any atom is 0.166 e. The Balaban J connectivity index is 2.29. The van der Waals surface area contributed by atoms with Gasteiger partial charge in [-0.2, -0.15) is 0 Å². The Labute approximate surface area is 134 Å². The zero-order valence-electron chi connectivity index (χ0n) is 10.9. The maximum absolute atomic E-state index is 13.8. The molecule has 20 heavy (non-hydrogen) atoms. The van der Waals surface area contributed by atoms with E-state index >= 15 is 0 Å². The standard InChI is InChI=1S/C15H14Br2FNO/c1-2-19-9-10-3-4-12(17)8-15(10)20-14-6-5-11(16)7-13(14)18/h3-8,19H,2,9H2,1H3. The molecule has 0 aliphatic rings. The van der Waals surface area contributed by atoms with Crippen molar-refractivity contribution in [3.05, 3.63) is 56.7 Å². The molecule has 1 N–H and O–H groups in total. The molecule has 106 valence electrons. The van der Waals surface area contributed by atoms with Gasteiger partial charge in [0.15, 0.2) is 11.6 Å². The monoisotopic (exact) mass is 401 g/mol. The van der Waals surface area contributed by atoms with Crippen molar-refractivity contribution in [2.45, 2.75) is 13.5 Å². The summed E-state index contributed by atoms with van der Waals surface area (Å²) < 4.78 is 21.1. The molecule has 2 aromatic carbocycles. The number of nitrogens with one attached hydrogen (secondary N) is 1. The zero-order chi connectivity index (χ0) is 14.5. The van der Waals surface area contributed by atoms with Gasteiger partial charge in [0.2, 0.25) is 0 Å². The maximum atomic E-state index is 13.8. The zero-order valence-corrected chi connectivity index (χ0v) is 14.1. The molecule has 0 heterocycles. The van der Waals surface area contributed by atoms with Crippen LogP contribution in [-0.2, 0) is 6.54 Å². The Morgan fingerprint density at radius 3 is 2.45 bits per heavy atom. The van der Waals surface area contributed by atoms with Crippen LogP contribution in [0.15, 0.2) is 45.3 Å². The van der Waals surface area contributed by atoms with Gasteiger partial charge in [0.25, 0.3) is 0 Å². The number of hydrogen-bond donors (Lipinski definition) is 1. The van der Waals surface area contributed by atoms with E-state index in [0.717, 1.165) is 16.6 Å². The van der Waals surface area contributed by atoms with Crippen LogP contribution in [0.2, 0.25) is 0 Å². The van der Waals surface area contributed by atoms with Crippen LogP contribution in [0.4, 0.5) is 4.39 Å². The summed E-state index contributed by atoms with van der Waals surface area (Å²) in [4.78, 5) is 0. The van der Waals surface area contributed by atoms with E-state index in [1.807, 2.05) is 25.1 Å². The van der Waals surface area contributed by atoms with Gasteiger partial charge in [-0.3, -0.25) is 0 Å². The second-order valence-electron chi connectivity index (χ2n) is 4.21. The molecule has 2 aromatic rings. The number of hydrogen-bond acceptors (Lipinski definition) is 2. The van der Waals surface area contributed by atoms with Crippen LogP contribution >= 0.6 is 31.9 Å². The number of benzene rings is 2. The Morgan fingerprint density at radius 1 is 1.05 bits per heavy atom. The van der Waals surface area contributed by atoms with Gasteiger partial charge in [0, 0.05) is 21.1 Å². The third-order valence-electron chi connectivity index (χ3n) is 2.71. The highest BCUT2D eigenvalue weighted by Crippen LogP contribution is 2.31. The summed E-state index contributed by atoms with van der Waals surface area (Å²) in [5.41, 5.74) is 0.984. The van der Waals surface area contributed by atoms with E-state index in [-0.39, 0.29) is 5.75 Å². The third kappa shape index (κ3) is 4.04. The lowest BCUT2D eigenvalue weighted by molar-refractivity contribution is 0.435. The molecule has 0 atom stereocenters. The van der Waals surface area contributed by atoms with Crippen LogP contribution in [-0.4, -0.2) is 6.54 Å². The van der Waals surface area contributed by atoms with Crippen molar-refractivity contribution >= 4 is 31.9 Å². The molecule has 0 aromatic heterocycles. The van der Waals surface area contributed by atoms with Crippen LogP contribution in [0.25, 0.3) is 0 Å². The lowest BCUT2D eigenvalue weighted by Crippen LogP contribution is -2.12. The summed E-state index contributed by atoms with van der Waals surface area (Å²) in [6.45, 7) is 3.58. The fourth-order valence-corrected chi connectivity index (χ4v) is 2.38. The van der Waals surface area contributed by atoms with Crippen molar-refractivity contribution in [1.29, 1.82) is 0 Å². The number of ether oxygens (including phenoxy) is 1. The lowest BCUT2D eigenvalue weighted by Gasteiger charge is -2.13. The molecular formula is C15H14Br2FNO. The van der Waals surface area contributed by atoms with Gasteiger partial charge in [0.1, 0.15) is 5.75 Å². The fraction of sp³-hybridized carbons (Fsp3) is 0.200. The van der Waals surface area contributed by atoms with Crippen LogP contribution in [0.1, 0.15) is 12.5 Å². The summed E-state index contributed by atoms with van der Waals surface area (Å²) in [6, 6.07) is 10.5. The molecular weight excluding hydrogens is 389 g/mol. The molecule has 0 amide bonds. The molecule has 0 saturated heterocycles. The van der Waals surface area contributed by atoms with E-state index < -0.39 is 5.82 Å². The highest BCUT2D eigenvalue weighted by Gasteiger charge is 2.09. The molecule has 2 nitrogen and oxygen atoms in total. The Bertz CT molecular complexity index is 604. The highest BCUT2D eigenvalue weighted by molar-refractivity contribution is 9.10. The van der Waals surface area contributed by atoms with Crippen molar-refractivity contribution in [1.82, 2.24) is 5.32 Å². The smallest absolute Gasteiger partial charge is 0.166 e. The topological polar surface area (TPSA) is 21.3 Å². The predicted octanol–water partition coefficient (Wildman–Crippen LogP) is 5.25. The minimum absolute atomic E-state index is 0.212. The first-order chi connectivity index (χ1) is 9.60. The number of rotatable bonds is 5. The largest absolute Gasteiger partial charge is 0.454 e. The van der Waals surface area contributed by atoms with Gasteiger partial charge in [-0.05, 0) is 36.9 Å². The quantitative estimate of drug-likeness (QED) is 0.737. The van der Waals surface area contributed by atoms with Crippen LogP contribution in [0, 0.1) is 5.82 Å². The summed E-state index contributed by atoms with van der Waals surface area (Å²) >= 11 is 6.64. The minimum Gasteiger partial charge on any atom is -0.454 e. The first-order valence-corrected chi connectivity index (χ1v) is 7.81. The third-order valence-corrected chi connectivity index (χ3v) is 3.70. The molecule has 0 bridgehead atoms. The molecule has 0 aliphatic heterocycles. The summed E-state index contributed by atoms with van der Waals surface area (Å²) in [5, 5.41) is 3.24.